The SMILES string of the molecule is CCC[C@H](C)c1n[nH]c2c1CN(Cc1c3ccccc3nn1C)CC2. The zero-order valence-corrected chi connectivity index (χ0v) is 15.4. The van der Waals surface area contributed by atoms with Gasteiger partial charge < -0.3 is 0 Å². The molecule has 1 aliphatic rings. The van der Waals surface area contributed by atoms with Gasteiger partial charge in [0.1, 0.15) is 0 Å². The predicted octanol–water partition coefficient (Wildman–Crippen LogP) is 3.76. The lowest BCUT2D eigenvalue weighted by Gasteiger charge is -2.27. The van der Waals surface area contributed by atoms with Crippen LogP contribution in [0.1, 0.15) is 55.3 Å². The van der Waals surface area contributed by atoms with Crippen LogP contribution in [0.5, 0.6) is 0 Å². The molecule has 1 aromatic carbocycles. The lowest BCUT2D eigenvalue weighted by Crippen LogP contribution is -2.31. The fourth-order valence-electron chi connectivity index (χ4n) is 4.09. The lowest BCUT2D eigenvalue weighted by molar-refractivity contribution is 0.238. The van der Waals surface area contributed by atoms with Crippen molar-refractivity contribution >= 4 is 10.9 Å². The minimum absolute atomic E-state index is 0.530. The zero-order chi connectivity index (χ0) is 17.4. The maximum absolute atomic E-state index is 4.65. The maximum atomic E-state index is 4.65. The van der Waals surface area contributed by atoms with Crippen LogP contribution >= 0.6 is 0 Å². The Bertz CT molecular complexity index is 875. The van der Waals surface area contributed by atoms with Gasteiger partial charge in [-0.1, -0.05) is 38.5 Å². The van der Waals surface area contributed by atoms with E-state index in [1.807, 2.05) is 4.68 Å². The molecule has 0 radical (unpaired) electrons. The van der Waals surface area contributed by atoms with Gasteiger partial charge in [-0.3, -0.25) is 14.7 Å². The van der Waals surface area contributed by atoms with Gasteiger partial charge in [0.05, 0.1) is 16.9 Å². The van der Waals surface area contributed by atoms with Gasteiger partial charge in [-0.25, -0.2) is 0 Å². The summed E-state index contributed by atoms with van der Waals surface area (Å²) in [5.41, 5.74) is 6.42. The number of hydrogen-bond acceptors (Lipinski definition) is 3. The van der Waals surface area contributed by atoms with Gasteiger partial charge in [0, 0.05) is 55.7 Å². The molecular formula is C20H27N5. The average molecular weight is 337 g/mol. The molecule has 0 saturated heterocycles. The number of H-pyrrole nitrogens is 1. The second-order valence-corrected chi connectivity index (χ2v) is 7.30. The fraction of sp³-hybridized carbons (Fsp3) is 0.500. The molecule has 4 rings (SSSR count). The minimum Gasteiger partial charge on any atom is -0.293 e. The van der Waals surface area contributed by atoms with Crippen molar-refractivity contribution in [3.8, 4) is 0 Å². The lowest BCUT2D eigenvalue weighted by atomic mass is 9.95. The third-order valence-corrected chi connectivity index (χ3v) is 5.47. The number of benzene rings is 1. The molecule has 5 nitrogen and oxygen atoms in total. The van der Waals surface area contributed by atoms with Gasteiger partial charge >= 0.3 is 0 Å². The van der Waals surface area contributed by atoms with E-state index in [1.165, 1.54) is 40.9 Å². The summed E-state index contributed by atoms with van der Waals surface area (Å²) in [6.45, 7) is 7.53. The normalized spacial score (nSPS) is 16.3. The second-order valence-electron chi connectivity index (χ2n) is 7.30. The highest BCUT2D eigenvalue weighted by Crippen LogP contribution is 2.29. The molecule has 25 heavy (non-hydrogen) atoms. The van der Waals surface area contributed by atoms with Crippen LogP contribution in [0.3, 0.4) is 0 Å². The zero-order valence-electron chi connectivity index (χ0n) is 15.4. The Morgan fingerprint density at radius 1 is 1.28 bits per heavy atom. The summed E-state index contributed by atoms with van der Waals surface area (Å²) in [6, 6.07) is 8.43. The van der Waals surface area contributed by atoms with E-state index in [0.29, 0.717) is 5.92 Å². The van der Waals surface area contributed by atoms with Crippen LogP contribution in [0.15, 0.2) is 24.3 Å². The molecule has 1 aliphatic heterocycles. The first kappa shape index (κ1) is 16.3. The molecule has 132 valence electrons. The summed E-state index contributed by atoms with van der Waals surface area (Å²) in [5.74, 6) is 0.530. The predicted molar refractivity (Wildman–Crippen MR) is 100 cm³/mol. The highest BCUT2D eigenvalue weighted by Gasteiger charge is 2.25. The molecule has 0 spiro atoms. The van der Waals surface area contributed by atoms with Crippen LogP contribution in [0.4, 0.5) is 0 Å². The van der Waals surface area contributed by atoms with Crippen LogP contribution in [0.2, 0.25) is 0 Å². The maximum Gasteiger partial charge on any atom is 0.0926 e. The third-order valence-electron chi connectivity index (χ3n) is 5.47. The molecule has 1 atom stereocenters. The summed E-state index contributed by atoms with van der Waals surface area (Å²) in [6.07, 6.45) is 3.45. The van der Waals surface area contributed by atoms with Crippen molar-refractivity contribution < 1.29 is 0 Å². The second kappa shape index (κ2) is 6.64. The van der Waals surface area contributed by atoms with E-state index in [9.17, 15) is 0 Å². The Hall–Kier alpha value is -2.14. The minimum atomic E-state index is 0.530. The van der Waals surface area contributed by atoms with Gasteiger partial charge in [-0.15, -0.1) is 0 Å². The van der Waals surface area contributed by atoms with Gasteiger partial charge in [0.25, 0.3) is 0 Å². The smallest absolute Gasteiger partial charge is 0.0926 e. The summed E-state index contributed by atoms with van der Waals surface area (Å²) in [4.78, 5) is 2.53. The molecule has 0 bridgehead atoms. The molecule has 0 amide bonds. The molecule has 5 heteroatoms. The fourth-order valence-corrected chi connectivity index (χ4v) is 4.09. The average Bonchev–Trinajstić information content (AvgIpc) is 3.16. The molecule has 0 aliphatic carbocycles. The van der Waals surface area contributed by atoms with Crippen molar-refractivity contribution in [1.29, 1.82) is 0 Å². The number of aromatic amines is 1. The van der Waals surface area contributed by atoms with Gasteiger partial charge in [-0.05, 0) is 12.5 Å². The highest BCUT2D eigenvalue weighted by molar-refractivity contribution is 5.81. The van der Waals surface area contributed by atoms with E-state index in [2.05, 4.69) is 65.4 Å². The van der Waals surface area contributed by atoms with Crippen molar-refractivity contribution in [3.05, 3.63) is 46.9 Å². The van der Waals surface area contributed by atoms with Gasteiger partial charge in [0.15, 0.2) is 0 Å². The Morgan fingerprint density at radius 3 is 2.96 bits per heavy atom. The third kappa shape index (κ3) is 2.97. The monoisotopic (exact) mass is 337 g/mol. The van der Waals surface area contributed by atoms with E-state index in [1.54, 1.807) is 0 Å². The van der Waals surface area contributed by atoms with Crippen molar-refractivity contribution in [1.82, 2.24) is 24.9 Å². The van der Waals surface area contributed by atoms with Crippen LogP contribution in [0, 0.1) is 0 Å². The molecule has 0 fully saturated rings. The van der Waals surface area contributed by atoms with Crippen molar-refractivity contribution in [2.45, 2.75) is 52.1 Å². The van der Waals surface area contributed by atoms with Gasteiger partial charge in [0.2, 0.25) is 0 Å². The molecule has 0 saturated carbocycles. The molecule has 2 aromatic heterocycles. The molecule has 3 aromatic rings. The van der Waals surface area contributed by atoms with Crippen molar-refractivity contribution in [3.63, 3.8) is 0 Å². The largest absolute Gasteiger partial charge is 0.293 e. The molecule has 1 N–H and O–H groups in total. The topological polar surface area (TPSA) is 49.7 Å². The Labute approximate surface area is 149 Å². The Balaban J connectivity index is 1.58. The number of rotatable bonds is 5. The van der Waals surface area contributed by atoms with E-state index in [0.717, 1.165) is 31.6 Å². The first-order valence-corrected chi connectivity index (χ1v) is 9.36. The summed E-state index contributed by atoms with van der Waals surface area (Å²) < 4.78 is 2.04. The van der Waals surface area contributed by atoms with Crippen LogP contribution in [0.25, 0.3) is 10.9 Å². The number of nitrogens with zero attached hydrogens (tertiary/aromatic N) is 4. The summed E-state index contributed by atoms with van der Waals surface area (Å²) in [5, 5.41) is 13.9. The quantitative estimate of drug-likeness (QED) is 0.771. The van der Waals surface area contributed by atoms with Crippen LogP contribution in [-0.4, -0.2) is 31.4 Å². The van der Waals surface area contributed by atoms with E-state index in [4.69, 9.17) is 0 Å². The standard InChI is InChI=1S/C20H27N5/c1-4-7-14(2)20-16-12-25(11-10-17(16)21-22-20)13-19-15-8-5-6-9-18(15)23-24(19)3/h5-6,8-9,14H,4,7,10-13H2,1-3H3,(H,21,22)/t14-/m0/s1. The van der Waals surface area contributed by atoms with Crippen LogP contribution < -0.4 is 0 Å². The highest BCUT2D eigenvalue weighted by atomic mass is 15.3. The number of nitrogens with one attached hydrogen (secondary N) is 1. The number of aryl methyl sites for hydroxylation is 1. The van der Waals surface area contributed by atoms with Crippen molar-refractivity contribution in [2.24, 2.45) is 7.05 Å². The first-order valence-electron chi connectivity index (χ1n) is 9.36. The molecular weight excluding hydrogens is 310 g/mol. The summed E-state index contributed by atoms with van der Waals surface area (Å²) in [7, 11) is 2.05. The number of aromatic nitrogens is 4. The van der Waals surface area contributed by atoms with E-state index in [-0.39, 0.29) is 0 Å². The van der Waals surface area contributed by atoms with Crippen molar-refractivity contribution in [2.75, 3.05) is 6.54 Å². The number of hydrogen-bond donors (Lipinski definition) is 1. The first-order chi connectivity index (χ1) is 12.2. The molecule has 0 unspecified atom stereocenters. The Morgan fingerprint density at radius 2 is 2.12 bits per heavy atom. The molecule has 3 heterocycles. The summed E-state index contributed by atoms with van der Waals surface area (Å²) >= 11 is 0. The van der Waals surface area contributed by atoms with Crippen LogP contribution in [-0.2, 0) is 26.6 Å². The Kier molecular flexibility index (Phi) is 4.34. The van der Waals surface area contributed by atoms with Gasteiger partial charge in [-0.2, -0.15) is 10.2 Å². The number of fused-ring (bicyclic) bond motifs is 2. The van der Waals surface area contributed by atoms with E-state index >= 15 is 0 Å². The van der Waals surface area contributed by atoms with E-state index < -0.39 is 0 Å².